The van der Waals surface area contributed by atoms with Gasteiger partial charge in [-0.1, -0.05) is 13.0 Å². The summed E-state index contributed by atoms with van der Waals surface area (Å²) in [5.41, 5.74) is 1.92. The van der Waals surface area contributed by atoms with Crippen molar-refractivity contribution in [3.8, 4) is 11.5 Å². The lowest BCUT2D eigenvalue weighted by atomic mass is 10.2. The number of benzene rings is 1. The summed E-state index contributed by atoms with van der Waals surface area (Å²) in [4.78, 5) is 4.05. The van der Waals surface area contributed by atoms with E-state index in [0.717, 1.165) is 24.1 Å². The highest BCUT2D eigenvalue weighted by Gasteiger charge is 2.09. The van der Waals surface area contributed by atoms with E-state index < -0.39 is 0 Å². The van der Waals surface area contributed by atoms with Crippen LogP contribution in [0.1, 0.15) is 24.5 Å². The zero-order valence-corrected chi connectivity index (χ0v) is 11.8. The molecule has 1 N–H and O–H groups in total. The average molecular weight is 274 g/mol. The molecular weight excluding hydrogens is 255 g/mol. The molecule has 0 unspecified atom stereocenters. The van der Waals surface area contributed by atoms with Gasteiger partial charge in [0.15, 0.2) is 11.6 Å². The molecule has 0 fully saturated rings. The normalized spacial score (nSPS) is 10.6. The molecule has 0 aliphatic rings. The number of hydrogen-bond donors (Lipinski definition) is 1. The molecule has 3 nitrogen and oxygen atoms in total. The fraction of sp³-hybridized carbons (Fsp3) is 0.312. The first-order chi connectivity index (χ1) is 9.70. The topological polar surface area (TPSA) is 34.2 Å². The maximum Gasteiger partial charge on any atom is 0.165 e. The van der Waals surface area contributed by atoms with E-state index in [4.69, 9.17) is 4.74 Å². The van der Waals surface area contributed by atoms with Crippen molar-refractivity contribution in [2.75, 3.05) is 6.54 Å². The maximum absolute atomic E-state index is 13.7. The van der Waals surface area contributed by atoms with E-state index in [1.54, 1.807) is 24.5 Å². The van der Waals surface area contributed by atoms with Gasteiger partial charge in [-0.3, -0.25) is 4.98 Å². The van der Waals surface area contributed by atoms with E-state index in [0.29, 0.717) is 12.3 Å². The second-order valence-corrected chi connectivity index (χ2v) is 4.70. The zero-order chi connectivity index (χ0) is 14.4. The number of aryl methyl sites for hydroxylation is 1. The first kappa shape index (κ1) is 14.5. The number of aromatic nitrogens is 1. The van der Waals surface area contributed by atoms with Gasteiger partial charge in [0, 0.05) is 18.3 Å². The molecule has 0 bridgehead atoms. The second kappa shape index (κ2) is 7.01. The number of halogens is 1. The molecule has 20 heavy (non-hydrogen) atoms. The fourth-order valence-electron chi connectivity index (χ4n) is 1.85. The predicted octanol–water partition coefficient (Wildman–Crippen LogP) is 3.82. The number of hydrogen-bond acceptors (Lipinski definition) is 3. The highest BCUT2D eigenvalue weighted by atomic mass is 19.1. The summed E-state index contributed by atoms with van der Waals surface area (Å²) < 4.78 is 19.4. The summed E-state index contributed by atoms with van der Waals surface area (Å²) in [5.74, 6) is 0.447. The second-order valence-electron chi connectivity index (χ2n) is 4.70. The maximum atomic E-state index is 13.7. The van der Waals surface area contributed by atoms with Crippen LogP contribution in [0.2, 0.25) is 0 Å². The molecule has 0 atom stereocenters. The summed E-state index contributed by atoms with van der Waals surface area (Å²) in [6.07, 6.45) is 4.39. The van der Waals surface area contributed by atoms with Gasteiger partial charge in [0.05, 0.1) is 6.20 Å². The summed E-state index contributed by atoms with van der Waals surface area (Å²) in [5, 5.41) is 3.30. The van der Waals surface area contributed by atoms with Crippen LogP contribution < -0.4 is 10.1 Å². The van der Waals surface area contributed by atoms with Crippen molar-refractivity contribution in [1.82, 2.24) is 10.3 Å². The van der Waals surface area contributed by atoms with Crippen LogP contribution >= 0.6 is 0 Å². The van der Waals surface area contributed by atoms with Gasteiger partial charge in [-0.05, 0) is 43.7 Å². The highest BCUT2D eigenvalue weighted by molar-refractivity contribution is 5.37. The monoisotopic (exact) mass is 274 g/mol. The first-order valence-electron chi connectivity index (χ1n) is 6.78. The quantitative estimate of drug-likeness (QED) is 0.813. The molecule has 1 aromatic heterocycles. The van der Waals surface area contributed by atoms with E-state index in [1.165, 1.54) is 6.07 Å². The molecule has 0 amide bonds. The third-order valence-electron chi connectivity index (χ3n) is 2.92. The van der Waals surface area contributed by atoms with Crippen molar-refractivity contribution in [3.63, 3.8) is 0 Å². The number of pyridine rings is 1. The smallest absolute Gasteiger partial charge is 0.165 e. The molecule has 0 aliphatic carbocycles. The molecule has 0 radical (unpaired) electrons. The Morgan fingerprint density at radius 1 is 1.25 bits per heavy atom. The lowest BCUT2D eigenvalue weighted by Gasteiger charge is -2.12. The largest absolute Gasteiger partial charge is 0.452 e. The number of nitrogens with one attached hydrogen (secondary N) is 1. The lowest BCUT2D eigenvalue weighted by molar-refractivity contribution is 0.433. The lowest BCUT2D eigenvalue weighted by Crippen LogP contribution is -2.14. The van der Waals surface area contributed by atoms with Crippen LogP contribution in [0.4, 0.5) is 4.39 Å². The van der Waals surface area contributed by atoms with E-state index in [2.05, 4.69) is 17.2 Å². The molecule has 2 rings (SSSR count). The molecule has 2 aromatic rings. The van der Waals surface area contributed by atoms with Crippen LogP contribution in [0.25, 0.3) is 0 Å². The van der Waals surface area contributed by atoms with E-state index in [9.17, 15) is 4.39 Å². The van der Waals surface area contributed by atoms with Gasteiger partial charge >= 0.3 is 0 Å². The molecular formula is C16H19FN2O. The molecule has 0 spiro atoms. The van der Waals surface area contributed by atoms with Crippen molar-refractivity contribution in [3.05, 3.63) is 53.6 Å². The number of rotatable bonds is 6. The van der Waals surface area contributed by atoms with Gasteiger partial charge in [0.1, 0.15) is 5.75 Å². The van der Waals surface area contributed by atoms with Gasteiger partial charge in [-0.2, -0.15) is 0 Å². The van der Waals surface area contributed by atoms with Crippen LogP contribution in [-0.2, 0) is 6.54 Å². The molecule has 0 saturated carbocycles. The Kier molecular flexibility index (Phi) is 5.07. The molecule has 4 heteroatoms. The SMILES string of the molecule is CCCNCc1ccncc1Oc1cc(C)ccc1F. The fourth-order valence-corrected chi connectivity index (χ4v) is 1.85. The minimum Gasteiger partial charge on any atom is -0.452 e. The van der Waals surface area contributed by atoms with Crippen molar-refractivity contribution in [2.45, 2.75) is 26.8 Å². The summed E-state index contributed by atoms with van der Waals surface area (Å²) in [6.45, 7) is 5.62. The third kappa shape index (κ3) is 3.78. The first-order valence-corrected chi connectivity index (χ1v) is 6.78. The van der Waals surface area contributed by atoms with Crippen molar-refractivity contribution >= 4 is 0 Å². The van der Waals surface area contributed by atoms with Gasteiger partial charge in [0.2, 0.25) is 0 Å². The van der Waals surface area contributed by atoms with Crippen LogP contribution in [0.3, 0.4) is 0 Å². The Hall–Kier alpha value is -1.94. The van der Waals surface area contributed by atoms with E-state index in [-0.39, 0.29) is 11.6 Å². The Morgan fingerprint density at radius 2 is 2.10 bits per heavy atom. The average Bonchev–Trinajstić information content (AvgIpc) is 2.45. The van der Waals surface area contributed by atoms with Crippen molar-refractivity contribution < 1.29 is 9.13 Å². The number of nitrogens with zero attached hydrogens (tertiary/aromatic N) is 1. The van der Waals surface area contributed by atoms with Crippen LogP contribution in [0.15, 0.2) is 36.7 Å². The summed E-state index contributed by atoms with van der Waals surface area (Å²) in [7, 11) is 0. The van der Waals surface area contributed by atoms with Crippen LogP contribution in [-0.4, -0.2) is 11.5 Å². The Labute approximate surface area is 118 Å². The number of ether oxygens (including phenoxy) is 1. The van der Waals surface area contributed by atoms with Gasteiger partial charge in [0.25, 0.3) is 0 Å². The minimum atomic E-state index is -0.369. The zero-order valence-electron chi connectivity index (χ0n) is 11.8. The summed E-state index contributed by atoms with van der Waals surface area (Å²) >= 11 is 0. The Morgan fingerprint density at radius 3 is 2.90 bits per heavy atom. The Bertz CT molecular complexity index is 572. The van der Waals surface area contributed by atoms with Gasteiger partial charge in [-0.25, -0.2) is 4.39 Å². The van der Waals surface area contributed by atoms with E-state index in [1.807, 2.05) is 13.0 Å². The molecule has 1 aromatic carbocycles. The molecule has 0 aliphatic heterocycles. The van der Waals surface area contributed by atoms with Crippen molar-refractivity contribution in [1.29, 1.82) is 0 Å². The minimum absolute atomic E-state index is 0.231. The molecule has 0 saturated heterocycles. The van der Waals surface area contributed by atoms with Gasteiger partial charge < -0.3 is 10.1 Å². The molecule has 106 valence electrons. The van der Waals surface area contributed by atoms with Crippen LogP contribution in [0.5, 0.6) is 11.5 Å². The predicted molar refractivity (Wildman–Crippen MR) is 77.4 cm³/mol. The van der Waals surface area contributed by atoms with E-state index >= 15 is 0 Å². The van der Waals surface area contributed by atoms with Crippen molar-refractivity contribution in [2.24, 2.45) is 0 Å². The molecule has 1 heterocycles. The Balaban J connectivity index is 2.18. The van der Waals surface area contributed by atoms with Gasteiger partial charge in [-0.15, -0.1) is 0 Å². The summed E-state index contributed by atoms with van der Waals surface area (Å²) in [6, 6.07) is 6.70. The standard InChI is InChI=1S/C16H19FN2O/c1-3-7-18-10-13-6-8-19-11-16(13)20-15-9-12(2)4-5-14(15)17/h4-6,8-9,11,18H,3,7,10H2,1-2H3. The third-order valence-corrected chi connectivity index (χ3v) is 2.92. The van der Waals surface area contributed by atoms with Crippen LogP contribution in [0, 0.1) is 12.7 Å². The highest BCUT2D eigenvalue weighted by Crippen LogP contribution is 2.27.